The number of hydrogen-bond acceptors (Lipinski definition) is 5. The van der Waals surface area contributed by atoms with Crippen molar-refractivity contribution in [2.24, 2.45) is 0 Å². The number of nitrogens with one attached hydrogen (secondary N) is 1. The Labute approximate surface area is 143 Å². The lowest BCUT2D eigenvalue weighted by Crippen LogP contribution is -2.56. The third-order valence-electron chi connectivity index (χ3n) is 6.13. The van der Waals surface area contributed by atoms with Crippen molar-refractivity contribution in [3.63, 3.8) is 0 Å². The van der Waals surface area contributed by atoms with Gasteiger partial charge in [0.05, 0.1) is 5.69 Å². The van der Waals surface area contributed by atoms with Crippen LogP contribution in [-0.4, -0.2) is 57.4 Å². The molecule has 0 aliphatic carbocycles. The van der Waals surface area contributed by atoms with E-state index in [1.807, 2.05) is 4.90 Å². The maximum Gasteiger partial charge on any atom is 0.244 e. The van der Waals surface area contributed by atoms with Crippen LogP contribution >= 0.6 is 0 Å². The highest BCUT2D eigenvalue weighted by Gasteiger charge is 2.39. The van der Waals surface area contributed by atoms with E-state index >= 15 is 0 Å². The standard InChI is InChI=1S/C18H27N5O/c1-18(23-7-3-2-4-8-23)5-9-22(10-6-18)17(24)16-14-11-19-13-21-15(14)12-20-16/h11,13,16,20H,2-10,12H2,1H3. The molecule has 1 aromatic rings. The third-order valence-corrected chi connectivity index (χ3v) is 6.13. The van der Waals surface area contributed by atoms with Crippen LogP contribution < -0.4 is 5.32 Å². The molecule has 0 aromatic carbocycles. The predicted molar refractivity (Wildman–Crippen MR) is 91.3 cm³/mol. The second-order valence-electron chi connectivity index (χ2n) is 7.61. The minimum absolute atomic E-state index is 0.184. The molecule has 1 N–H and O–H groups in total. The van der Waals surface area contributed by atoms with Crippen LogP contribution in [0.3, 0.4) is 0 Å². The topological polar surface area (TPSA) is 61.4 Å². The molecule has 4 rings (SSSR count). The van der Waals surface area contributed by atoms with Crippen LogP contribution in [0.4, 0.5) is 0 Å². The second kappa shape index (κ2) is 6.41. The summed E-state index contributed by atoms with van der Waals surface area (Å²) >= 11 is 0. The van der Waals surface area contributed by atoms with Crippen molar-refractivity contribution < 1.29 is 4.79 Å². The summed E-state index contributed by atoms with van der Waals surface area (Å²) in [7, 11) is 0. The Morgan fingerprint density at radius 3 is 2.71 bits per heavy atom. The third kappa shape index (κ3) is 2.82. The fraction of sp³-hybridized carbons (Fsp3) is 0.722. The maximum absolute atomic E-state index is 12.9. The van der Waals surface area contributed by atoms with E-state index in [1.54, 1.807) is 12.5 Å². The molecule has 0 spiro atoms. The van der Waals surface area contributed by atoms with Crippen LogP contribution in [0.5, 0.6) is 0 Å². The van der Waals surface area contributed by atoms with Crippen molar-refractivity contribution in [2.75, 3.05) is 26.2 Å². The Hall–Kier alpha value is -1.53. The lowest BCUT2D eigenvalue weighted by molar-refractivity contribution is -0.136. The minimum Gasteiger partial charge on any atom is -0.341 e. The van der Waals surface area contributed by atoms with E-state index in [0.717, 1.165) is 37.2 Å². The molecule has 2 fully saturated rings. The van der Waals surface area contributed by atoms with Gasteiger partial charge in [-0.15, -0.1) is 0 Å². The number of carbonyl (C=O) groups is 1. The zero-order chi connectivity index (χ0) is 16.6. The molecule has 6 nitrogen and oxygen atoms in total. The molecule has 1 atom stereocenters. The maximum atomic E-state index is 12.9. The largest absolute Gasteiger partial charge is 0.341 e. The fourth-order valence-electron chi connectivity index (χ4n) is 4.42. The highest BCUT2D eigenvalue weighted by atomic mass is 16.2. The first kappa shape index (κ1) is 16.0. The molecule has 3 aliphatic heterocycles. The predicted octanol–water partition coefficient (Wildman–Crippen LogP) is 1.49. The Kier molecular flexibility index (Phi) is 4.26. The van der Waals surface area contributed by atoms with Gasteiger partial charge in [-0.2, -0.15) is 0 Å². The molecule has 1 amide bonds. The van der Waals surface area contributed by atoms with E-state index < -0.39 is 0 Å². The summed E-state index contributed by atoms with van der Waals surface area (Å²) in [4.78, 5) is 26.0. The Morgan fingerprint density at radius 1 is 1.21 bits per heavy atom. The van der Waals surface area contributed by atoms with Crippen LogP contribution in [0, 0.1) is 0 Å². The van der Waals surface area contributed by atoms with Crippen molar-refractivity contribution in [1.29, 1.82) is 0 Å². The van der Waals surface area contributed by atoms with Crippen LogP contribution in [-0.2, 0) is 11.3 Å². The van der Waals surface area contributed by atoms with Gasteiger partial charge in [-0.3, -0.25) is 15.0 Å². The van der Waals surface area contributed by atoms with E-state index in [1.165, 1.54) is 32.4 Å². The van der Waals surface area contributed by atoms with Crippen LogP contribution in [0.25, 0.3) is 0 Å². The first-order valence-electron chi connectivity index (χ1n) is 9.23. The number of aromatic nitrogens is 2. The zero-order valence-corrected chi connectivity index (χ0v) is 14.5. The van der Waals surface area contributed by atoms with Crippen LogP contribution in [0.1, 0.15) is 56.3 Å². The molecule has 4 heterocycles. The molecule has 6 heteroatoms. The smallest absolute Gasteiger partial charge is 0.244 e. The van der Waals surface area contributed by atoms with Gasteiger partial charge in [0, 0.05) is 36.9 Å². The van der Waals surface area contributed by atoms with E-state index in [-0.39, 0.29) is 17.5 Å². The molecule has 130 valence electrons. The van der Waals surface area contributed by atoms with Crippen molar-refractivity contribution in [2.45, 2.75) is 57.2 Å². The quantitative estimate of drug-likeness (QED) is 0.891. The number of likely N-dealkylation sites (tertiary alicyclic amines) is 2. The van der Waals surface area contributed by atoms with E-state index in [0.29, 0.717) is 6.54 Å². The lowest BCUT2D eigenvalue weighted by Gasteiger charge is -2.48. The summed E-state index contributed by atoms with van der Waals surface area (Å²) in [5.41, 5.74) is 2.17. The fourth-order valence-corrected chi connectivity index (χ4v) is 4.42. The number of rotatable bonds is 2. The first-order valence-corrected chi connectivity index (χ1v) is 9.23. The van der Waals surface area contributed by atoms with Crippen LogP contribution in [0.15, 0.2) is 12.5 Å². The average molecular weight is 329 g/mol. The normalized spacial score (nSPS) is 27.0. The SMILES string of the molecule is CC1(N2CCCCC2)CCN(C(=O)C2NCc3ncncc32)CC1. The van der Waals surface area contributed by atoms with Gasteiger partial charge in [0.15, 0.2) is 0 Å². The molecule has 24 heavy (non-hydrogen) atoms. The van der Waals surface area contributed by atoms with Gasteiger partial charge in [-0.1, -0.05) is 6.42 Å². The summed E-state index contributed by atoms with van der Waals surface area (Å²) in [6.45, 7) is 7.20. The molecular formula is C18H27N5O. The molecule has 0 bridgehead atoms. The Balaban J connectivity index is 1.40. The van der Waals surface area contributed by atoms with Crippen LogP contribution in [0.2, 0.25) is 0 Å². The summed E-state index contributed by atoms with van der Waals surface area (Å²) in [6, 6.07) is -0.263. The summed E-state index contributed by atoms with van der Waals surface area (Å²) in [6.07, 6.45) is 9.49. The molecule has 2 saturated heterocycles. The highest BCUT2D eigenvalue weighted by Crippen LogP contribution is 2.33. The highest BCUT2D eigenvalue weighted by molar-refractivity contribution is 5.84. The molecule has 3 aliphatic rings. The monoisotopic (exact) mass is 329 g/mol. The average Bonchev–Trinajstić information content (AvgIpc) is 3.07. The van der Waals surface area contributed by atoms with Gasteiger partial charge in [0.2, 0.25) is 5.91 Å². The van der Waals surface area contributed by atoms with Gasteiger partial charge in [0.1, 0.15) is 12.4 Å². The Morgan fingerprint density at radius 2 is 1.96 bits per heavy atom. The van der Waals surface area contributed by atoms with Gasteiger partial charge in [-0.25, -0.2) is 9.97 Å². The van der Waals surface area contributed by atoms with Gasteiger partial charge < -0.3 is 4.90 Å². The van der Waals surface area contributed by atoms with Crippen molar-refractivity contribution in [1.82, 2.24) is 25.1 Å². The Bertz CT molecular complexity index is 605. The number of carbonyl (C=O) groups excluding carboxylic acids is 1. The number of nitrogens with zero attached hydrogens (tertiary/aromatic N) is 4. The second-order valence-corrected chi connectivity index (χ2v) is 7.61. The van der Waals surface area contributed by atoms with Crippen molar-refractivity contribution in [3.8, 4) is 0 Å². The zero-order valence-electron chi connectivity index (χ0n) is 14.5. The summed E-state index contributed by atoms with van der Waals surface area (Å²) in [5, 5.41) is 3.30. The number of fused-ring (bicyclic) bond motifs is 1. The van der Waals surface area contributed by atoms with E-state index in [2.05, 4.69) is 27.1 Å². The van der Waals surface area contributed by atoms with Crippen molar-refractivity contribution in [3.05, 3.63) is 23.8 Å². The number of amides is 1. The van der Waals surface area contributed by atoms with Gasteiger partial charge in [-0.05, 0) is 45.7 Å². The molecule has 0 saturated carbocycles. The van der Waals surface area contributed by atoms with Gasteiger partial charge in [0.25, 0.3) is 0 Å². The molecule has 0 radical (unpaired) electrons. The summed E-state index contributed by atoms with van der Waals surface area (Å²) < 4.78 is 0. The minimum atomic E-state index is -0.263. The summed E-state index contributed by atoms with van der Waals surface area (Å²) in [5.74, 6) is 0.184. The first-order chi connectivity index (χ1) is 11.7. The lowest BCUT2D eigenvalue weighted by atomic mass is 9.86. The van der Waals surface area contributed by atoms with E-state index in [9.17, 15) is 4.79 Å². The number of piperidine rings is 2. The van der Waals surface area contributed by atoms with Gasteiger partial charge >= 0.3 is 0 Å². The number of hydrogen-bond donors (Lipinski definition) is 1. The van der Waals surface area contributed by atoms with Crippen molar-refractivity contribution >= 4 is 5.91 Å². The molecule has 1 unspecified atom stereocenters. The molecular weight excluding hydrogens is 302 g/mol. The van der Waals surface area contributed by atoms with E-state index in [4.69, 9.17) is 0 Å². The molecule has 1 aromatic heterocycles.